The third-order valence-corrected chi connectivity index (χ3v) is 7.95. The van der Waals surface area contributed by atoms with E-state index in [4.69, 9.17) is 19.2 Å². The third-order valence-electron chi connectivity index (χ3n) is 6.25. The minimum absolute atomic E-state index is 0.0995. The molecule has 1 amide bonds. The highest BCUT2D eigenvalue weighted by Gasteiger charge is 2.24. The first-order valence-corrected chi connectivity index (χ1v) is 16.9. The van der Waals surface area contributed by atoms with Crippen molar-refractivity contribution >= 4 is 30.8 Å². The monoisotopic (exact) mass is 563 g/mol. The molecule has 0 aromatic carbocycles. The summed E-state index contributed by atoms with van der Waals surface area (Å²) >= 11 is 0. The molecule has 4 heterocycles. The van der Waals surface area contributed by atoms with E-state index in [9.17, 15) is 9.90 Å². The van der Waals surface area contributed by atoms with E-state index in [1.807, 2.05) is 30.3 Å². The zero-order valence-electron chi connectivity index (χ0n) is 23.7. The SMILES string of the molecule is COCCOc1cnc2c(-c3ccc(CO)cn3)c(-c3ccnc(NC(C)=O)c3)n(COCC[Si](C)(C)C)c2c1. The van der Waals surface area contributed by atoms with Gasteiger partial charge in [-0.3, -0.25) is 14.8 Å². The first-order valence-electron chi connectivity index (χ1n) is 13.2. The number of anilines is 1. The van der Waals surface area contributed by atoms with E-state index in [0.29, 0.717) is 42.6 Å². The zero-order chi connectivity index (χ0) is 28.7. The number of pyridine rings is 3. The molecule has 0 aliphatic heterocycles. The van der Waals surface area contributed by atoms with Crippen LogP contribution in [-0.4, -0.2) is 65.5 Å². The zero-order valence-corrected chi connectivity index (χ0v) is 24.7. The van der Waals surface area contributed by atoms with E-state index in [-0.39, 0.29) is 19.2 Å². The van der Waals surface area contributed by atoms with E-state index in [0.717, 1.165) is 33.9 Å². The number of hydrogen-bond donors (Lipinski definition) is 2. The summed E-state index contributed by atoms with van der Waals surface area (Å²) in [7, 11) is 0.339. The van der Waals surface area contributed by atoms with Crippen molar-refractivity contribution in [3.63, 3.8) is 0 Å². The number of aromatic nitrogens is 4. The van der Waals surface area contributed by atoms with Gasteiger partial charge in [-0.05, 0) is 29.8 Å². The second kappa shape index (κ2) is 13.1. The summed E-state index contributed by atoms with van der Waals surface area (Å²) in [5.41, 5.74) is 5.39. The number of nitrogens with one attached hydrogen (secondary N) is 1. The van der Waals surface area contributed by atoms with Crippen molar-refractivity contribution in [3.05, 3.63) is 54.5 Å². The maximum atomic E-state index is 11.8. The van der Waals surface area contributed by atoms with Gasteiger partial charge in [-0.25, -0.2) is 4.98 Å². The number of methoxy groups -OCH3 is 1. The Kier molecular flexibility index (Phi) is 9.64. The van der Waals surface area contributed by atoms with Crippen LogP contribution in [0.5, 0.6) is 5.75 Å². The molecule has 4 aromatic rings. The topological polar surface area (TPSA) is 121 Å². The Morgan fingerprint density at radius 2 is 1.88 bits per heavy atom. The number of fused-ring (bicyclic) bond motifs is 1. The molecule has 0 saturated carbocycles. The van der Waals surface area contributed by atoms with Gasteiger partial charge in [0, 0.05) is 52.7 Å². The molecule has 0 atom stereocenters. The fourth-order valence-electron chi connectivity index (χ4n) is 4.23. The number of aliphatic hydroxyl groups excluding tert-OH is 1. The Morgan fingerprint density at radius 1 is 1.05 bits per heavy atom. The van der Waals surface area contributed by atoms with Crippen LogP contribution in [0, 0.1) is 0 Å². The molecule has 4 aromatic heterocycles. The first-order chi connectivity index (χ1) is 19.2. The average Bonchev–Trinajstić information content (AvgIpc) is 3.24. The van der Waals surface area contributed by atoms with Crippen molar-refractivity contribution in [2.75, 3.05) is 32.2 Å². The molecule has 0 aliphatic carbocycles. The minimum Gasteiger partial charge on any atom is -0.489 e. The first kappa shape index (κ1) is 29.3. The normalized spacial score (nSPS) is 11.7. The van der Waals surface area contributed by atoms with Gasteiger partial charge in [0.2, 0.25) is 5.91 Å². The van der Waals surface area contributed by atoms with Crippen LogP contribution in [0.4, 0.5) is 5.82 Å². The van der Waals surface area contributed by atoms with Crippen molar-refractivity contribution in [2.24, 2.45) is 0 Å². The molecule has 0 fully saturated rings. The van der Waals surface area contributed by atoms with Gasteiger partial charge < -0.3 is 29.2 Å². The molecule has 212 valence electrons. The summed E-state index contributed by atoms with van der Waals surface area (Å²) in [5, 5.41) is 12.3. The number of carbonyl (C=O) groups excluding carboxylic acids is 1. The molecule has 0 bridgehead atoms. The van der Waals surface area contributed by atoms with Crippen molar-refractivity contribution < 1.29 is 24.1 Å². The highest BCUT2D eigenvalue weighted by Crippen LogP contribution is 2.41. The summed E-state index contributed by atoms with van der Waals surface area (Å²) in [4.78, 5) is 25.6. The Balaban J connectivity index is 1.92. The van der Waals surface area contributed by atoms with Crippen LogP contribution in [0.1, 0.15) is 12.5 Å². The van der Waals surface area contributed by atoms with E-state index in [2.05, 4.69) is 39.5 Å². The molecule has 0 unspecified atom stereocenters. The van der Waals surface area contributed by atoms with Gasteiger partial charge in [-0.15, -0.1) is 0 Å². The molecule has 0 spiro atoms. The van der Waals surface area contributed by atoms with E-state index in [1.54, 1.807) is 25.7 Å². The second-order valence-electron chi connectivity index (χ2n) is 10.7. The number of amides is 1. The van der Waals surface area contributed by atoms with Gasteiger partial charge in [0.1, 0.15) is 24.9 Å². The Bertz CT molecular complexity index is 1450. The number of hydrogen-bond acceptors (Lipinski definition) is 8. The van der Waals surface area contributed by atoms with Crippen LogP contribution in [0.3, 0.4) is 0 Å². The maximum Gasteiger partial charge on any atom is 0.222 e. The van der Waals surface area contributed by atoms with Crippen LogP contribution in [0.2, 0.25) is 25.7 Å². The van der Waals surface area contributed by atoms with E-state index >= 15 is 0 Å². The van der Waals surface area contributed by atoms with Crippen molar-refractivity contribution in [2.45, 2.75) is 45.9 Å². The number of ether oxygens (including phenoxy) is 3. The van der Waals surface area contributed by atoms with Crippen LogP contribution in [0.25, 0.3) is 33.5 Å². The quantitative estimate of drug-likeness (QED) is 0.173. The average molecular weight is 564 g/mol. The third kappa shape index (κ3) is 7.30. The molecule has 40 heavy (non-hydrogen) atoms. The van der Waals surface area contributed by atoms with Crippen LogP contribution in [0.15, 0.2) is 48.9 Å². The van der Waals surface area contributed by atoms with Crippen LogP contribution in [-0.2, 0) is 27.6 Å². The summed E-state index contributed by atoms with van der Waals surface area (Å²) < 4.78 is 19.4. The molecular formula is C29H37N5O5Si. The number of carbonyl (C=O) groups is 1. The molecule has 0 saturated heterocycles. The smallest absolute Gasteiger partial charge is 0.222 e. The lowest BCUT2D eigenvalue weighted by Crippen LogP contribution is -2.22. The lowest BCUT2D eigenvalue weighted by Gasteiger charge is -2.17. The van der Waals surface area contributed by atoms with Gasteiger partial charge in [0.25, 0.3) is 0 Å². The molecular weight excluding hydrogens is 526 g/mol. The van der Waals surface area contributed by atoms with Crippen LogP contribution < -0.4 is 10.1 Å². The number of rotatable bonds is 13. The second-order valence-corrected chi connectivity index (χ2v) is 16.3. The lowest BCUT2D eigenvalue weighted by atomic mass is 10.0. The standard InChI is InChI=1S/C29H37N5O5Si/c1-20(36)33-26-14-22(8-9-30-26)29-27(24-7-6-21(18-35)16-31-24)28-25(15-23(17-32-28)39-11-10-37-2)34(29)19-38-12-13-40(3,4)5/h6-9,14-17,35H,10-13,18-19H2,1-5H3,(H,30,33,36). The fraction of sp³-hybridized carbons (Fsp3) is 0.379. The molecule has 4 rings (SSSR count). The van der Waals surface area contributed by atoms with Crippen molar-refractivity contribution in [1.82, 2.24) is 19.5 Å². The van der Waals surface area contributed by atoms with E-state index in [1.165, 1.54) is 6.92 Å². The highest BCUT2D eigenvalue weighted by atomic mass is 28.3. The van der Waals surface area contributed by atoms with Gasteiger partial charge in [-0.2, -0.15) is 0 Å². The molecule has 0 radical (unpaired) electrons. The summed E-state index contributed by atoms with van der Waals surface area (Å²) in [6.07, 6.45) is 5.01. The Hall–Kier alpha value is -3.64. The minimum atomic E-state index is -1.29. The van der Waals surface area contributed by atoms with E-state index < -0.39 is 8.07 Å². The van der Waals surface area contributed by atoms with Gasteiger partial charge in [0.15, 0.2) is 0 Å². The Labute approximate surface area is 235 Å². The van der Waals surface area contributed by atoms with Gasteiger partial charge in [0.05, 0.1) is 47.4 Å². The lowest BCUT2D eigenvalue weighted by molar-refractivity contribution is -0.114. The molecule has 0 aliphatic rings. The maximum absolute atomic E-state index is 11.8. The predicted octanol–water partition coefficient (Wildman–Crippen LogP) is 4.95. The molecule has 11 heteroatoms. The predicted molar refractivity (Wildman–Crippen MR) is 158 cm³/mol. The highest BCUT2D eigenvalue weighted by molar-refractivity contribution is 6.76. The van der Waals surface area contributed by atoms with Gasteiger partial charge >= 0.3 is 0 Å². The number of aliphatic hydroxyl groups is 1. The van der Waals surface area contributed by atoms with Crippen LogP contribution >= 0.6 is 0 Å². The van der Waals surface area contributed by atoms with Crippen molar-refractivity contribution in [1.29, 1.82) is 0 Å². The van der Waals surface area contributed by atoms with Gasteiger partial charge in [-0.1, -0.05) is 25.7 Å². The Morgan fingerprint density at radius 3 is 2.55 bits per heavy atom. The molecule has 2 N–H and O–H groups in total. The summed E-state index contributed by atoms with van der Waals surface area (Å²) in [6.45, 7) is 10.1. The molecule has 10 nitrogen and oxygen atoms in total. The number of nitrogens with zero attached hydrogens (tertiary/aromatic N) is 4. The fourth-order valence-corrected chi connectivity index (χ4v) is 4.98. The van der Waals surface area contributed by atoms with Crippen molar-refractivity contribution in [3.8, 4) is 28.3 Å². The summed E-state index contributed by atoms with van der Waals surface area (Å²) in [6, 6.07) is 10.4. The largest absolute Gasteiger partial charge is 0.489 e. The summed E-state index contributed by atoms with van der Waals surface area (Å²) in [5.74, 6) is 0.842.